The lowest BCUT2D eigenvalue weighted by Gasteiger charge is -2.13. The zero-order valence-corrected chi connectivity index (χ0v) is 11.9. The number of hydrogen-bond donors (Lipinski definition) is 3. The van der Waals surface area contributed by atoms with E-state index >= 15 is 0 Å². The summed E-state index contributed by atoms with van der Waals surface area (Å²) in [5.74, 6) is -0.358. The lowest BCUT2D eigenvalue weighted by Crippen LogP contribution is -2.47. The summed E-state index contributed by atoms with van der Waals surface area (Å²) in [5, 5.41) is 7.14. The largest absolute Gasteiger partial charge is 0.364 e. The molecule has 1 amide bonds. The Kier molecular flexibility index (Phi) is 5.36. The standard InChI is InChI=1S/C9H14BrN5OS/c1-6(4-15-5-7(10)3-12-15)8(16)13-14-9(17)11-2/h3,5-6H,4H2,1-2H3,(H,13,16)(H2,11,14,17)/t6-/m0/s1. The maximum Gasteiger partial charge on any atom is 0.243 e. The molecule has 0 aliphatic heterocycles. The van der Waals surface area contributed by atoms with E-state index < -0.39 is 0 Å². The first-order valence-corrected chi connectivity index (χ1v) is 6.18. The molecular weight excluding hydrogens is 306 g/mol. The van der Waals surface area contributed by atoms with Gasteiger partial charge in [-0.3, -0.25) is 20.3 Å². The highest BCUT2D eigenvalue weighted by Gasteiger charge is 2.13. The average molecular weight is 320 g/mol. The van der Waals surface area contributed by atoms with Crippen LogP contribution in [-0.4, -0.2) is 27.8 Å². The van der Waals surface area contributed by atoms with Gasteiger partial charge in [0.05, 0.1) is 23.1 Å². The fourth-order valence-corrected chi connectivity index (χ4v) is 1.48. The first-order chi connectivity index (χ1) is 8.02. The van der Waals surface area contributed by atoms with Crippen molar-refractivity contribution in [3.8, 4) is 0 Å². The molecule has 94 valence electrons. The minimum atomic E-state index is -0.214. The number of aromatic nitrogens is 2. The van der Waals surface area contributed by atoms with Gasteiger partial charge in [-0.2, -0.15) is 5.10 Å². The molecule has 1 rings (SSSR count). The van der Waals surface area contributed by atoms with Gasteiger partial charge in [0.15, 0.2) is 5.11 Å². The molecule has 1 aromatic rings. The van der Waals surface area contributed by atoms with Gasteiger partial charge in [0.2, 0.25) is 5.91 Å². The summed E-state index contributed by atoms with van der Waals surface area (Å²) in [5.41, 5.74) is 5.10. The van der Waals surface area contributed by atoms with Crippen molar-refractivity contribution in [3.05, 3.63) is 16.9 Å². The Morgan fingerprint density at radius 3 is 2.88 bits per heavy atom. The summed E-state index contributed by atoms with van der Waals surface area (Å²) in [4.78, 5) is 11.7. The SMILES string of the molecule is CNC(=S)NNC(=O)[C@@H](C)Cn1cc(Br)cn1. The van der Waals surface area contributed by atoms with Gasteiger partial charge in [0.1, 0.15) is 0 Å². The van der Waals surface area contributed by atoms with Crippen molar-refractivity contribution in [1.82, 2.24) is 25.9 Å². The first-order valence-electron chi connectivity index (χ1n) is 4.98. The molecule has 0 saturated heterocycles. The second-order valence-electron chi connectivity index (χ2n) is 3.48. The van der Waals surface area contributed by atoms with Gasteiger partial charge in [-0.25, -0.2) is 0 Å². The predicted octanol–water partition coefficient (Wildman–Crippen LogP) is 0.407. The van der Waals surface area contributed by atoms with Gasteiger partial charge >= 0.3 is 0 Å². The number of rotatable bonds is 3. The van der Waals surface area contributed by atoms with Crippen LogP contribution in [0.5, 0.6) is 0 Å². The summed E-state index contributed by atoms with van der Waals surface area (Å²) in [6.45, 7) is 2.32. The molecule has 1 aromatic heterocycles. The van der Waals surface area contributed by atoms with Crippen LogP contribution >= 0.6 is 28.1 Å². The third kappa shape index (κ3) is 4.70. The van der Waals surface area contributed by atoms with Crippen LogP contribution in [0.3, 0.4) is 0 Å². The van der Waals surface area contributed by atoms with Crippen LogP contribution < -0.4 is 16.2 Å². The molecule has 0 aliphatic carbocycles. The Balaban J connectivity index is 2.39. The lowest BCUT2D eigenvalue weighted by atomic mass is 10.2. The Morgan fingerprint density at radius 1 is 1.65 bits per heavy atom. The van der Waals surface area contributed by atoms with E-state index in [0.717, 1.165) is 4.47 Å². The first kappa shape index (κ1) is 13.9. The van der Waals surface area contributed by atoms with Crippen LogP contribution in [0.4, 0.5) is 0 Å². The van der Waals surface area contributed by atoms with Gasteiger partial charge in [-0.15, -0.1) is 0 Å². The van der Waals surface area contributed by atoms with Gasteiger partial charge in [-0.05, 0) is 28.1 Å². The number of nitrogens with one attached hydrogen (secondary N) is 3. The second-order valence-corrected chi connectivity index (χ2v) is 4.80. The molecule has 0 aliphatic rings. The minimum absolute atomic E-state index is 0.144. The van der Waals surface area contributed by atoms with E-state index in [2.05, 4.69) is 37.2 Å². The number of amides is 1. The van der Waals surface area contributed by atoms with E-state index in [1.807, 2.05) is 13.1 Å². The van der Waals surface area contributed by atoms with Crippen molar-refractivity contribution in [2.75, 3.05) is 7.05 Å². The fourth-order valence-electron chi connectivity index (χ4n) is 1.11. The summed E-state index contributed by atoms with van der Waals surface area (Å²) < 4.78 is 2.59. The highest BCUT2D eigenvalue weighted by atomic mass is 79.9. The average Bonchev–Trinajstić information content (AvgIpc) is 2.70. The number of carbonyl (C=O) groups is 1. The fraction of sp³-hybridized carbons (Fsp3) is 0.444. The van der Waals surface area contributed by atoms with E-state index in [1.165, 1.54) is 0 Å². The van der Waals surface area contributed by atoms with Crippen molar-refractivity contribution in [1.29, 1.82) is 0 Å². The number of thiocarbonyl (C=S) groups is 1. The van der Waals surface area contributed by atoms with E-state index in [4.69, 9.17) is 12.2 Å². The van der Waals surface area contributed by atoms with Crippen molar-refractivity contribution < 1.29 is 4.79 Å². The molecule has 3 N–H and O–H groups in total. The van der Waals surface area contributed by atoms with E-state index in [0.29, 0.717) is 11.7 Å². The molecule has 17 heavy (non-hydrogen) atoms. The van der Waals surface area contributed by atoms with Gasteiger partial charge < -0.3 is 5.32 Å². The van der Waals surface area contributed by atoms with Crippen LogP contribution in [0, 0.1) is 5.92 Å². The molecule has 1 heterocycles. The normalized spacial score (nSPS) is 11.7. The summed E-state index contributed by atoms with van der Waals surface area (Å²) >= 11 is 8.13. The molecule has 0 bridgehead atoms. The molecule has 0 saturated carbocycles. The number of hydrazine groups is 1. The number of carbonyl (C=O) groups excluding carboxylic acids is 1. The third-order valence-corrected chi connectivity index (χ3v) is 2.75. The predicted molar refractivity (Wildman–Crippen MR) is 72.0 cm³/mol. The molecule has 0 unspecified atom stereocenters. The quantitative estimate of drug-likeness (QED) is 0.556. The van der Waals surface area contributed by atoms with E-state index in [9.17, 15) is 4.79 Å². The lowest BCUT2D eigenvalue weighted by molar-refractivity contribution is -0.125. The van der Waals surface area contributed by atoms with Crippen molar-refractivity contribution in [2.45, 2.75) is 13.5 Å². The molecule has 0 aromatic carbocycles. The summed E-state index contributed by atoms with van der Waals surface area (Å²) in [7, 11) is 1.67. The van der Waals surface area contributed by atoms with Gasteiger partial charge in [0.25, 0.3) is 0 Å². The van der Waals surface area contributed by atoms with Crippen LogP contribution in [0.25, 0.3) is 0 Å². The molecule has 6 nitrogen and oxygen atoms in total. The monoisotopic (exact) mass is 319 g/mol. The zero-order chi connectivity index (χ0) is 12.8. The third-order valence-electron chi connectivity index (χ3n) is 2.04. The Bertz CT molecular complexity index is 408. The maximum atomic E-state index is 11.7. The molecule has 0 fully saturated rings. The number of halogens is 1. The molecule has 0 spiro atoms. The van der Waals surface area contributed by atoms with Crippen LogP contribution in [0.15, 0.2) is 16.9 Å². The Hall–Kier alpha value is -1.15. The molecule has 8 heteroatoms. The molecule has 0 radical (unpaired) electrons. The maximum absolute atomic E-state index is 11.7. The number of nitrogens with zero attached hydrogens (tertiary/aromatic N) is 2. The van der Waals surface area contributed by atoms with Crippen LogP contribution in [0.2, 0.25) is 0 Å². The smallest absolute Gasteiger partial charge is 0.243 e. The minimum Gasteiger partial charge on any atom is -0.364 e. The summed E-state index contributed by atoms with van der Waals surface area (Å²) in [6.07, 6.45) is 3.49. The van der Waals surface area contributed by atoms with Gasteiger partial charge in [-0.1, -0.05) is 6.92 Å². The highest BCUT2D eigenvalue weighted by Crippen LogP contribution is 2.08. The van der Waals surface area contributed by atoms with Crippen molar-refractivity contribution >= 4 is 39.2 Å². The van der Waals surface area contributed by atoms with Crippen LogP contribution in [0.1, 0.15) is 6.92 Å². The Labute approximate surface area is 113 Å². The Morgan fingerprint density at radius 2 is 2.35 bits per heavy atom. The van der Waals surface area contributed by atoms with E-state index in [1.54, 1.807) is 17.9 Å². The van der Waals surface area contributed by atoms with Crippen LogP contribution in [-0.2, 0) is 11.3 Å². The topological polar surface area (TPSA) is 71.0 Å². The summed E-state index contributed by atoms with van der Waals surface area (Å²) in [6, 6.07) is 0. The van der Waals surface area contributed by atoms with Crippen molar-refractivity contribution in [3.63, 3.8) is 0 Å². The van der Waals surface area contributed by atoms with Gasteiger partial charge in [0, 0.05) is 13.2 Å². The second kappa shape index (κ2) is 6.55. The molecule has 1 atom stereocenters. The number of hydrogen-bond acceptors (Lipinski definition) is 3. The zero-order valence-electron chi connectivity index (χ0n) is 9.53. The highest BCUT2D eigenvalue weighted by molar-refractivity contribution is 9.10. The van der Waals surface area contributed by atoms with E-state index in [-0.39, 0.29) is 11.8 Å². The van der Waals surface area contributed by atoms with Crippen molar-refractivity contribution in [2.24, 2.45) is 5.92 Å². The molecular formula is C9H14BrN5OS.